The fraction of sp³-hybridized carbons (Fsp3) is 0.421. The second kappa shape index (κ2) is 7.01. The molecule has 136 valence electrons. The van der Waals surface area contributed by atoms with E-state index in [9.17, 15) is 0 Å². The van der Waals surface area contributed by atoms with Crippen molar-refractivity contribution >= 4 is 0 Å². The van der Waals surface area contributed by atoms with Gasteiger partial charge in [0.05, 0.1) is 37.2 Å². The molecule has 0 N–H and O–H groups in total. The molecule has 0 radical (unpaired) electrons. The van der Waals surface area contributed by atoms with Crippen molar-refractivity contribution in [2.24, 2.45) is 0 Å². The molecule has 7 heteroatoms. The van der Waals surface area contributed by atoms with E-state index in [4.69, 9.17) is 14.4 Å². The summed E-state index contributed by atoms with van der Waals surface area (Å²) in [5.74, 6) is 1.30. The third-order valence-corrected chi connectivity index (χ3v) is 4.83. The third-order valence-electron chi connectivity index (χ3n) is 4.83. The minimum absolute atomic E-state index is 0.125. The van der Waals surface area contributed by atoms with Gasteiger partial charge in [0.1, 0.15) is 0 Å². The molecule has 0 bridgehead atoms. The molecule has 26 heavy (non-hydrogen) atoms. The van der Waals surface area contributed by atoms with Gasteiger partial charge in [-0.3, -0.25) is 4.90 Å². The SMILES string of the molecule is Cc1nc(CN2CCOC[C@@H]2c2c(C)nn(-c3ccccc3)c2C)no1. The Labute approximate surface area is 152 Å². The van der Waals surface area contributed by atoms with Crippen molar-refractivity contribution in [2.75, 3.05) is 19.8 Å². The molecule has 0 unspecified atom stereocenters. The highest BCUT2D eigenvalue weighted by atomic mass is 16.5. The highest BCUT2D eigenvalue weighted by Gasteiger charge is 2.30. The minimum atomic E-state index is 0.125. The molecule has 1 atom stereocenters. The van der Waals surface area contributed by atoms with Crippen LogP contribution in [0, 0.1) is 20.8 Å². The number of rotatable bonds is 4. The summed E-state index contributed by atoms with van der Waals surface area (Å²) < 4.78 is 12.9. The molecule has 0 aliphatic carbocycles. The van der Waals surface area contributed by atoms with Gasteiger partial charge in [-0.1, -0.05) is 23.4 Å². The van der Waals surface area contributed by atoms with Crippen LogP contribution < -0.4 is 0 Å². The van der Waals surface area contributed by atoms with E-state index in [1.165, 1.54) is 5.56 Å². The van der Waals surface area contributed by atoms with Crippen molar-refractivity contribution in [2.45, 2.75) is 33.4 Å². The molecule has 4 rings (SSSR count). The maximum Gasteiger partial charge on any atom is 0.223 e. The quantitative estimate of drug-likeness (QED) is 0.718. The lowest BCUT2D eigenvalue weighted by molar-refractivity contribution is -0.0145. The zero-order chi connectivity index (χ0) is 18.1. The van der Waals surface area contributed by atoms with Gasteiger partial charge in [0, 0.05) is 24.7 Å². The highest BCUT2D eigenvalue weighted by Crippen LogP contribution is 2.31. The second-order valence-corrected chi connectivity index (χ2v) is 6.62. The smallest absolute Gasteiger partial charge is 0.223 e. The monoisotopic (exact) mass is 353 g/mol. The molecule has 1 saturated heterocycles. The molecule has 1 aromatic carbocycles. The van der Waals surface area contributed by atoms with Gasteiger partial charge in [-0.25, -0.2) is 4.68 Å². The molecule has 3 aromatic rings. The van der Waals surface area contributed by atoms with Gasteiger partial charge in [-0.15, -0.1) is 0 Å². The molecule has 0 amide bonds. The Bertz CT molecular complexity index is 887. The van der Waals surface area contributed by atoms with Crippen molar-refractivity contribution < 1.29 is 9.26 Å². The zero-order valence-electron chi connectivity index (χ0n) is 15.3. The van der Waals surface area contributed by atoms with E-state index in [-0.39, 0.29) is 6.04 Å². The molecular weight excluding hydrogens is 330 g/mol. The molecule has 2 aromatic heterocycles. The van der Waals surface area contributed by atoms with Gasteiger partial charge in [0.25, 0.3) is 0 Å². The van der Waals surface area contributed by atoms with E-state index in [1.54, 1.807) is 0 Å². The standard InChI is InChI=1S/C19H23N5O2/c1-13-19(14(2)24(21-13)16-7-5-4-6-8-16)17-12-25-10-9-23(17)11-18-20-15(3)26-22-18/h4-8,17H,9-12H2,1-3H3/t17-/m1/s1. The van der Waals surface area contributed by atoms with Crippen molar-refractivity contribution in [3.8, 4) is 5.69 Å². The lowest BCUT2D eigenvalue weighted by Crippen LogP contribution is -2.39. The summed E-state index contributed by atoms with van der Waals surface area (Å²) in [4.78, 5) is 6.70. The van der Waals surface area contributed by atoms with Crippen LogP contribution in [-0.4, -0.2) is 44.6 Å². The first kappa shape index (κ1) is 16.9. The van der Waals surface area contributed by atoms with Gasteiger partial charge in [0.15, 0.2) is 5.82 Å². The summed E-state index contributed by atoms with van der Waals surface area (Å²) in [6.45, 7) is 8.80. The Morgan fingerprint density at radius 3 is 2.69 bits per heavy atom. The van der Waals surface area contributed by atoms with E-state index in [2.05, 4.69) is 41.0 Å². The Balaban J connectivity index is 1.67. The topological polar surface area (TPSA) is 69.2 Å². The molecule has 0 saturated carbocycles. The Kier molecular flexibility index (Phi) is 4.57. The largest absolute Gasteiger partial charge is 0.378 e. The minimum Gasteiger partial charge on any atom is -0.378 e. The Morgan fingerprint density at radius 1 is 1.15 bits per heavy atom. The fourth-order valence-corrected chi connectivity index (χ4v) is 3.64. The van der Waals surface area contributed by atoms with Crippen molar-refractivity contribution in [3.63, 3.8) is 0 Å². The van der Waals surface area contributed by atoms with E-state index < -0.39 is 0 Å². The maximum atomic E-state index is 5.79. The van der Waals surface area contributed by atoms with Crippen molar-refractivity contribution in [3.05, 3.63) is 59.0 Å². The van der Waals surface area contributed by atoms with Gasteiger partial charge in [-0.2, -0.15) is 10.1 Å². The predicted octanol–water partition coefficient (Wildman–Crippen LogP) is 2.75. The summed E-state index contributed by atoms with van der Waals surface area (Å²) in [5.41, 5.74) is 4.44. The summed E-state index contributed by atoms with van der Waals surface area (Å²) in [7, 11) is 0. The second-order valence-electron chi connectivity index (χ2n) is 6.62. The zero-order valence-corrected chi connectivity index (χ0v) is 15.3. The number of aromatic nitrogens is 4. The average molecular weight is 353 g/mol. The Hall–Kier alpha value is -2.51. The molecule has 7 nitrogen and oxygen atoms in total. The lowest BCUT2D eigenvalue weighted by atomic mass is 10.0. The lowest BCUT2D eigenvalue weighted by Gasteiger charge is -2.35. The number of nitrogens with zero attached hydrogens (tertiary/aromatic N) is 5. The molecule has 3 heterocycles. The average Bonchev–Trinajstić information content (AvgIpc) is 3.19. The molecule has 0 spiro atoms. The number of ether oxygens (including phenoxy) is 1. The van der Waals surface area contributed by atoms with Crippen LogP contribution in [0.5, 0.6) is 0 Å². The maximum absolute atomic E-state index is 5.79. The summed E-state index contributed by atoms with van der Waals surface area (Å²) in [6, 6.07) is 10.3. The van der Waals surface area contributed by atoms with Crippen LogP contribution in [0.2, 0.25) is 0 Å². The molecular formula is C19H23N5O2. The number of hydrogen-bond acceptors (Lipinski definition) is 6. The van der Waals surface area contributed by atoms with Crippen LogP contribution in [0.4, 0.5) is 0 Å². The first-order valence-electron chi connectivity index (χ1n) is 8.86. The normalized spacial score (nSPS) is 18.3. The summed E-state index contributed by atoms with van der Waals surface area (Å²) >= 11 is 0. The van der Waals surface area contributed by atoms with Gasteiger partial charge in [-0.05, 0) is 26.0 Å². The number of aryl methyl sites for hydroxylation is 2. The molecule has 1 fully saturated rings. The predicted molar refractivity (Wildman–Crippen MR) is 96.0 cm³/mol. The van der Waals surface area contributed by atoms with Gasteiger partial charge >= 0.3 is 0 Å². The van der Waals surface area contributed by atoms with Crippen LogP contribution in [0.25, 0.3) is 5.69 Å². The molecule has 1 aliphatic heterocycles. The van der Waals surface area contributed by atoms with Crippen molar-refractivity contribution in [1.82, 2.24) is 24.8 Å². The van der Waals surface area contributed by atoms with E-state index in [1.807, 2.05) is 29.8 Å². The number of benzene rings is 1. The molecule has 1 aliphatic rings. The van der Waals surface area contributed by atoms with E-state index in [0.29, 0.717) is 31.5 Å². The summed E-state index contributed by atoms with van der Waals surface area (Å²) in [6.07, 6.45) is 0. The Morgan fingerprint density at radius 2 is 1.96 bits per heavy atom. The summed E-state index contributed by atoms with van der Waals surface area (Å²) in [5, 5.41) is 8.83. The van der Waals surface area contributed by atoms with Crippen molar-refractivity contribution in [1.29, 1.82) is 0 Å². The van der Waals surface area contributed by atoms with E-state index in [0.717, 1.165) is 23.6 Å². The first-order chi connectivity index (χ1) is 12.6. The van der Waals surface area contributed by atoms with Crippen LogP contribution in [0.15, 0.2) is 34.9 Å². The number of para-hydroxylation sites is 1. The van der Waals surface area contributed by atoms with Crippen LogP contribution in [-0.2, 0) is 11.3 Å². The van der Waals surface area contributed by atoms with Crippen LogP contribution in [0.3, 0.4) is 0 Å². The fourth-order valence-electron chi connectivity index (χ4n) is 3.64. The van der Waals surface area contributed by atoms with E-state index >= 15 is 0 Å². The first-order valence-corrected chi connectivity index (χ1v) is 8.86. The van der Waals surface area contributed by atoms with Gasteiger partial charge < -0.3 is 9.26 Å². The highest BCUT2D eigenvalue weighted by molar-refractivity contribution is 5.38. The van der Waals surface area contributed by atoms with Crippen LogP contribution >= 0.6 is 0 Å². The number of hydrogen-bond donors (Lipinski definition) is 0. The number of morpholine rings is 1. The van der Waals surface area contributed by atoms with Crippen LogP contribution in [0.1, 0.15) is 34.7 Å². The van der Waals surface area contributed by atoms with Gasteiger partial charge in [0.2, 0.25) is 5.89 Å². The third kappa shape index (κ3) is 3.15.